The van der Waals surface area contributed by atoms with E-state index in [0.717, 1.165) is 24.3 Å². The van der Waals surface area contributed by atoms with Crippen molar-refractivity contribution in [2.75, 3.05) is 16.8 Å². The zero-order valence-electron chi connectivity index (χ0n) is 10.5. The Labute approximate surface area is 115 Å². The van der Waals surface area contributed by atoms with Crippen molar-refractivity contribution in [3.05, 3.63) is 12.4 Å². The molecule has 1 saturated heterocycles. The summed E-state index contributed by atoms with van der Waals surface area (Å²) in [6.45, 7) is -0.199. The Morgan fingerprint density at radius 3 is 2.89 bits per heavy atom. The number of aromatic nitrogens is 2. The first kappa shape index (κ1) is 13.9. The Balaban J connectivity index is 1.81. The van der Waals surface area contributed by atoms with Crippen LogP contribution in [0.2, 0.25) is 0 Å². The van der Waals surface area contributed by atoms with Gasteiger partial charge in [0, 0.05) is 12.6 Å². The molecule has 2 rings (SSSR count). The number of anilines is 1. The molecule has 1 amide bonds. The maximum atomic E-state index is 11.8. The quantitative estimate of drug-likeness (QED) is 0.854. The first-order chi connectivity index (χ1) is 9.13. The van der Waals surface area contributed by atoms with E-state index in [2.05, 4.69) is 10.4 Å². The second-order valence-electron chi connectivity index (χ2n) is 4.63. The number of thioether (sulfide) groups is 1. The lowest BCUT2D eigenvalue weighted by Gasteiger charge is -2.20. The molecule has 1 aliphatic rings. The van der Waals surface area contributed by atoms with Crippen LogP contribution >= 0.6 is 11.8 Å². The van der Waals surface area contributed by atoms with Gasteiger partial charge < -0.3 is 10.4 Å². The first-order valence-corrected chi connectivity index (χ1v) is 7.41. The molecule has 1 fully saturated rings. The van der Waals surface area contributed by atoms with Crippen LogP contribution in [0.3, 0.4) is 0 Å². The molecule has 2 heterocycles. The van der Waals surface area contributed by atoms with Crippen molar-refractivity contribution in [3.8, 4) is 0 Å². The summed E-state index contributed by atoms with van der Waals surface area (Å²) in [5, 5.41) is 15.3. The van der Waals surface area contributed by atoms with Crippen molar-refractivity contribution >= 4 is 29.3 Å². The van der Waals surface area contributed by atoms with Gasteiger partial charge in [-0.15, -0.1) is 0 Å². The second kappa shape index (κ2) is 6.60. The predicted octanol–water partition coefficient (Wildman–Crippen LogP) is 1.44. The highest BCUT2D eigenvalue weighted by Crippen LogP contribution is 2.25. The van der Waals surface area contributed by atoms with Crippen LogP contribution in [0.5, 0.6) is 0 Å². The fourth-order valence-electron chi connectivity index (χ4n) is 2.08. The van der Waals surface area contributed by atoms with Gasteiger partial charge in [-0.1, -0.05) is 0 Å². The predicted molar refractivity (Wildman–Crippen MR) is 73.2 cm³/mol. The largest absolute Gasteiger partial charge is 0.480 e. The summed E-state index contributed by atoms with van der Waals surface area (Å²) in [6.07, 6.45) is 5.72. The summed E-state index contributed by atoms with van der Waals surface area (Å²) >= 11 is 1.94. The summed E-state index contributed by atoms with van der Waals surface area (Å²) in [5.41, 5.74) is 0.552. The van der Waals surface area contributed by atoms with Crippen molar-refractivity contribution < 1.29 is 14.7 Å². The molecule has 104 valence electrons. The highest BCUT2D eigenvalue weighted by Gasteiger charge is 2.17. The lowest BCUT2D eigenvalue weighted by atomic mass is 9.98. The number of hydrogen-bond acceptors (Lipinski definition) is 4. The number of amides is 1. The van der Waals surface area contributed by atoms with Gasteiger partial charge in [-0.2, -0.15) is 16.9 Å². The number of nitrogens with zero attached hydrogens (tertiary/aromatic N) is 2. The third kappa shape index (κ3) is 4.59. The van der Waals surface area contributed by atoms with Crippen LogP contribution in [-0.2, 0) is 16.1 Å². The Hall–Kier alpha value is -1.50. The average Bonchev–Trinajstić information content (AvgIpc) is 2.76. The van der Waals surface area contributed by atoms with Crippen LogP contribution < -0.4 is 5.32 Å². The van der Waals surface area contributed by atoms with Crippen molar-refractivity contribution in [2.45, 2.75) is 25.8 Å². The second-order valence-corrected chi connectivity index (χ2v) is 5.85. The Morgan fingerprint density at radius 2 is 2.21 bits per heavy atom. The molecule has 0 saturated carbocycles. The number of nitrogens with one attached hydrogen (secondary N) is 1. The minimum Gasteiger partial charge on any atom is -0.480 e. The molecule has 1 aromatic rings. The third-order valence-corrected chi connectivity index (χ3v) is 4.08. The number of rotatable bonds is 5. The van der Waals surface area contributed by atoms with E-state index in [-0.39, 0.29) is 12.5 Å². The van der Waals surface area contributed by atoms with E-state index in [1.165, 1.54) is 17.1 Å². The van der Waals surface area contributed by atoms with E-state index in [1.807, 2.05) is 11.8 Å². The molecule has 0 radical (unpaired) electrons. The van der Waals surface area contributed by atoms with E-state index in [0.29, 0.717) is 18.0 Å². The van der Waals surface area contributed by atoms with E-state index >= 15 is 0 Å². The fraction of sp³-hybridized carbons (Fsp3) is 0.583. The molecular weight excluding hydrogens is 266 g/mol. The fourth-order valence-corrected chi connectivity index (χ4v) is 3.28. The van der Waals surface area contributed by atoms with E-state index in [4.69, 9.17) is 5.11 Å². The normalized spacial score (nSPS) is 16.2. The number of carboxylic acid groups (broad SMARTS) is 1. The molecule has 0 aromatic carbocycles. The van der Waals surface area contributed by atoms with Gasteiger partial charge in [0.25, 0.3) is 0 Å². The molecule has 7 heteroatoms. The molecule has 0 unspecified atom stereocenters. The van der Waals surface area contributed by atoms with E-state index in [1.54, 1.807) is 0 Å². The summed E-state index contributed by atoms with van der Waals surface area (Å²) in [6, 6.07) is 0. The molecule has 0 aliphatic carbocycles. The molecule has 1 aromatic heterocycles. The van der Waals surface area contributed by atoms with Crippen LogP contribution in [0, 0.1) is 5.92 Å². The summed E-state index contributed by atoms with van der Waals surface area (Å²) < 4.78 is 1.29. The zero-order valence-corrected chi connectivity index (χ0v) is 11.4. The Morgan fingerprint density at radius 1 is 1.47 bits per heavy atom. The number of carbonyl (C=O) groups excluding carboxylic acids is 1. The van der Waals surface area contributed by atoms with Gasteiger partial charge >= 0.3 is 5.97 Å². The van der Waals surface area contributed by atoms with Crippen LogP contribution in [0.4, 0.5) is 5.69 Å². The van der Waals surface area contributed by atoms with Gasteiger partial charge in [-0.25, -0.2) is 0 Å². The van der Waals surface area contributed by atoms with Crippen LogP contribution in [0.1, 0.15) is 19.3 Å². The number of carboxylic acids is 1. The topological polar surface area (TPSA) is 84.2 Å². The average molecular weight is 283 g/mol. The lowest BCUT2D eigenvalue weighted by Crippen LogP contribution is -2.19. The zero-order chi connectivity index (χ0) is 13.7. The van der Waals surface area contributed by atoms with Gasteiger partial charge in [0.2, 0.25) is 5.91 Å². The molecule has 0 atom stereocenters. The molecule has 19 heavy (non-hydrogen) atoms. The Bertz CT molecular complexity index is 455. The van der Waals surface area contributed by atoms with Gasteiger partial charge in [0.1, 0.15) is 6.54 Å². The van der Waals surface area contributed by atoms with Gasteiger partial charge in [-0.3, -0.25) is 14.3 Å². The summed E-state index contributed by atoms with van der Waals surface area (Å²) in [4.78, 5) is 22.4. The summed E-state index contributed by atoms with van der Waals surface area (Å²) in [5.74, 6) is 1.76. The van der Waals surface area contributed by atoms with E-state index < -0.39 is 5.97 Å². The monoisotopic (exact) mass is 283 g/mol. The maximum absolute atomic E-state index is 11.8. The highest BCUT2D eigenvalue weighted by molar-refractivity contribution is 7.99. The molecule has 0 spiro atoms. The molecule has 2 N–H and O–H groups in total. The molecular formula is C12H17N3O3S. The van der Waals surface area contributed by atoms with Crippen LogP contribution in [-0.4, -0.2) is 38.3 Å². The van der Waals surface area contributed by atoms with Crippen molar-refractivity contribution in [1.82, 2.24) is 9.78 Å². The molecule has 1 aliphatic heterocycles. The van der Waals surface area contributed by atoms with Crippen molar-refractivity contribution in [1.29, 1.82) is 0 Å². The van der Waals surface area contributed by atoms with Crippen molar-refractivity contribution in [3.63, 3.8) is 0 Å². The summed E-state index contributed by atoms with van der Waals surface area (Å²) in [7, 11) is 0. The standard InChI is InChI=1S/C12H17N3O3S/c16-11(5-9-1-3-19-4-2-9)14-10-6-13-15(7-10)8-12(17)18/h6-7,9H,1-5,8H2,(H,14,16)(H,17,18). The number of carbonyl (C=O) groups is 2. The minimum atomic E-state index is -0.958. The lowest BCUT2D eigenvalue weighted by molar-refractivity contribution is -0.137. The first-order valence-electron chi connectivity index (χ1n) is 6.25. The van der Waals surface area contributed by atoms with Gasteiger partial charge in [0.05, 0.1) is 11.9 Å². The number of aliphatic carboxylic acids is 1. The number of hydrogen-bond donors (Lipinski definition) is 2. The van der Waals surface area contributed by atoms with Gasteiger partial charge in [0.15, 0.2) is 0 Å². The minimum absolute atomic E-state index is 0.0215. The van der Waals surface area contributed by atoms with Crippen LogP contribution in [0.25, 0.3) is 0 Å². The van der Waals surface area contributed by atoms with Gasteiger partial charge in [-0.05, 0) is 30.3 Å². The maximum Gasteiger partial charge on any atom is 0.325 e. The third-order valence-electron chi connectivity index (χ3n) is 3.03. The van der Waals surface area contributed by atoms with Crippen LogP contribution in [0.15, 0.2) is 12.4 Å². The van der Waals surface area contributed by atoms with Crippen molar-refractivity contribution in [2.24, 2.45) is 5.92 Å². The Kier molecular flexibility index (Phi) is 4.84. The smallest absolute Gasteiger partial charge is 0.325 e. The SMILES string of the molecule is O=C(O)Cn1cc(NC(=O)CC2CCSCC2)cn1. The van der Waals surface area contributed by atoms with E-state index in [9.17, 15) is 9.59 Å². The molecule has 0 bridgehead atoms. The highest BCUT2D eigenvalue weighted by atomic mass is 32.2. The molecule has 6 nitrogen and oxygen atoms in total.